The first-order valence-electron chi connectivity index (χ1n) is 13.0. The van der Waals surface area contributed by atoms with Crippen molar-refractivity contribution in [3.63, 3.8) is 0 Å². The van der Waals surface area contributed by atoms with Gasteiger partial charge < -0.3 is 14.5 Å². The van der Waals surface area contributed by atoms with Crippen molar-refractivity contribution in [2.75, 3.05) is 52.4 Å². The van der Waals surface area contributed by atoms with E-state index in [2.05, 4.69) is 16.7 Å². The van der Waals surface area contributed by atoms with E-state index in [9.17, 15) is 9.59 Å². The third-order valence-corrected chi connectivity index (χ3v) is 7.36. The molecule has 1 amide bonds. The molecule has 0 aliphatic carbocycles. The Morgan fingerprint density at radius 3 is 2.26 bits per heavy atom. The predicted octanol–water partition coefficient (Wildman–Crippen LogP) is 4.20. The molecule has 4 rings (SSSR count). The van der Waals surface area contributed by atoms with Crippen LogP contribution in [0.3, 0.4) is 0 Å². The highest BCUT2D eigenvalue weighted by molar-refractivity contribution is 5.98. The molecular formula is C29H39N3O3. The summed E-state index contributed by atoms with van der Waals surface area (Å²) in [7, 11) is 0. The van der Waals surface area contributed by atoms with Crippen molar-refractivity contribution in [1.82, 2.24) is 14.7 Å². The van der Waals surface area contributed by atoms with Gasteiger partial charge in [0.15, 0.2) is 5.78 Å². The summed E-state index contributed by atoms with van der Waals surface area (Å²) in [6, 6.07) is 14.0. The first-order chi connectivity index (χ1) is 16.9. The number of amides is 1. The molecule has 0 saturated carbocycles. The zero-order valence-electron chi connectivity index (χ0n) is 21.5. The zero-order valence-corrected chi connectivity index (χ0v) is 21.5. The molecule has 0 spiro atoms. The first kappa shape index (κ1) is 25.4. The largest absolute Gasteiger partial charge is 0.493 e. The van der Waals surface area contributed by atoms with Gasteiger partial charge in [-0.05, 0) is 82.0 Å². The van der Waals surface area contributed by atoms with Gasteiger partial charge in [0.25, 0.3) is 5.91 Å². The first-order valence-corrected chi connectivity index (χ1v) is 13.0. The molecule has 2 aromatic rings. The number of nitrogens with zero attached hydrogens (tertiary/aromatic N) is 3. The summed E-state index contributed by atoms with van der Waals surface area (Å²) in [5, 5.41) is 0. The van der Waals surface area contributed by atoms with Gasteiger partial charge >= 0.3 is 0 Å². The lowest BCUT2D eigenvalue weighted by Crippen LogP contribution is -2.49. The lowest BCUT2D eigenvalue weighted by Gasteiger charge is -2.34. The van der Waals surface area contributed by atoms with Gasteiger partial charge in [-0.1, -0.05) is 18.2 Å². The predicted molar refractivity (Wildman–Crippen MR) is 139 cm³/mol. The number of ketones is 1. The van der Waals surface area contributed by atoms with Crippen LogP contribution in [0.4, 0.5) is 0 Å². The Balaban J connectivity index is 1.25. The van der Waals surface area contributed by atoms with Crippen molar-refractivity contribution in [3.8, 4) is 5.75 Å². The van der Waals surface area contributed by atoms with E-state index in [4.69, 9.17) is 4.74 Å². The van der Waals surface area contributed by atoms with Crippen molar-refractivity contribution in [2.45, 2.75) is 46.1 Å². The number of piperazine rings is 1. The lowest BCUT2D eigenvalue weighted by atomic mass is 10.0. The van der Waals surface area contributed by atoms with Crippen LogP contribution in [0.5, 0.6) is 5.75 Å². The van der Waals surface area contributed by atoms with Crippen LogP contribution in [0.2, 0.25) is 0 Å². The summed E-state index contributed by atoms with van der Waals surface area (Å²) in [6.45, 7) is 12.4. The molecule has 0 aromatic heterocycles. The fourth-order valence-corrected chi connectivity index (χ4v) is 5.27. The van der Waals surface area contributed by atoms with Crippen LogP contribution in [-0.2, 0) is 0 Å². The quantitative estimate of drug-likeness (QED) is 0.400. The van der Waals surface area contributed by atoms with Crippen LogP contribution in [0.25, 0.3) is 0 Å². The van der Waals surface area contributed by atoms with Crippen LogP contribution >= 0.6 is 0 Å². The summed E-state index contributed by atoms with van der Waals surface area (Å²) in [5.41, 5.74) is 3.49. The highest BCUT2D eigenvalue weighted by Gasteiger charge is 2.24. The molecule has 6 heteroatoms. The van der Waals surface area contributed by atoms with Crippen molar-refractivity contribution in [1.29, 1.82) is 0 Å². The summed E-state index contributed by atoms with van der Waals surface area (Å²) < 4.78 is 6.13. The Morgan fingerprint density at radius 2 is 1.63 bits per heavy atom. The number of benzene rings is 2. The van der Waals surface area contributed by atoms with E-state index in [1.165, 1.54) is 19.4 Å². The summed E-state index contributed by atoms with van der Waals surface area (Å²) in [4.78, 5) is 32.3. The molecular weight excluding hydrogens is 438 g/mol. The van der Waals surface area contributed by atoms with Crippen molar-refractivity contribution in [2.24, 2.45) is 0 Å². The molecule has 2 aliphatic rings. The van der Waals surface area contributed by atoms with E-state index < -0.39 is 0 Å². The van der Waals surface area contributed by atoms with Crippen LogP contribution in [0.1, 0.15) is 58.0 Å². The monoisotopic (exact) mass is 477 g/mol. The van der Waals surface area contributed by atoms with Gasteiger partial charge in [-0.15, -0.1) is 0 Å². The van der Waals surface area contributed by atoms with E-state index in [1.807, 2.05) is 61.2 Å². The third kappa shape index (κ3) is 6.50. The molecule has 2 fully saturated rings. The second-order valence-electron chi connectivity index (χ2n) is 10.0. The fraction of sp³-hybridized carbons (Fsp3) is 0.517. The maximum Gasteiger partial charge on any atom is 0.253 e. The third-order valence-electron chi connectivity index (χ3n) is 7.36. The second-order valence-corrected chi connectivity index (χ2v) is 10.0. The molecule has 0 radical (unpaired) electrons. The maximum atomic E-state index is 13.0. The number of ether oxygens (including phenoxy) is 1. The van der Waals surface area contributed by atoms with Gasteiger partial charge in [0, 0.05) is 49.9 Å². The summed E-state index contributed by atoms with van der Waals surface area (Å²) in [6.07, 6.45) is 3.62. The number of likely N-dealkylation sites (tertiary alicyclic amines) is 1. The maximum absolute atomic E-state index is 13.0. The van der Waals surface area contributed by atoms with Crippen molar-refractivity contribution < 1.29 is 14.3 Å². The SMILES string of the molecule is Cc1cc(C(=O)CN2CCN(C(=O)c3ccccc3)CC2)cc(C)c1OCCCN1CCCC1C. The van der Waals surface area contributed by atoms with E-state index in [0.29, 0.717) is 45.4 Å². The standard InChI is InChI=1S/C29H39N3O3/c1-22-19-26(20-23(2)28(22)35-18-8-13-31-12-7-9-24(31)3)27(33)21-30-14-16-32(17-15-30)29(34)25-10-5-4-6-11-25/h4-6,10-11,19-20,24H,7-9,12-18,21H2,1-3H3. The molecule has 188 valence electrons. The average molecular weight is 478 g/mol. The Hall–Kier alpha value is -2.70. The minimum Gasteiger partial charge on any atom is -0.493 e. The average Bonchev–Trinajstić information content (AvgIpc) is 3.28. The van der Waals surface area contributed by atoms with Gasteiger partial charge in [0.1, 0.15) is 5.75 Å². The number of aryl methyl sites for hydroxylation is 2. The Bertz CT molecular complexity index is 992. The normalized spacial score (nSPS) is 19.2. The molecule has 0 N–H and O–H groups in total. The van der Waals surface area contributed by atoms with Gasteiger partial charge in [-0.2, -0.15) is 0 Å². The van der Waals surface area contributed by atoms with Crippen LogP contribution in [-0.4, -0.2) is 84.9 Å². The number of carbonyl (C=O) groups excluding carboxylic acids is 2. The minimum atomic E-state index is 0.0633. The summed E-state index contributed by atoms with van der Waals surface area (Å²) in [5.74, 6) is 1.09. The van der Waals surface area contributed by atoms with Crippen LogP contribution in [0.15, 0.2) is 42.5 Å². The molecule has 2 saturated heterocycles. The number of carbonyl (C=O) groups is 2. The molecule has 35 heavy (non-hydrogen) atoms. The molecule has 2 heterocycles. The van der Waals surface area contributed by atoms with E-state index in [0.717, 1.165) is 41.0 Å². The summed E-state index contributed by atoms with van der Waals surface area (Å²) >= 11 is 0. The molecule has 0 bridgehead atoms. The van der Waals surface area contributed by atoms with Crippen LogP contribution in [0, 0.1) is 13.8 Å². The zero-order chi connectivity index (χ0) is 24.8. The Morgan fingerprint density at radius 1 is 0.943 bits per heavy atom. The molecule has 1 unspecified atom stereocenters. The highest BCUT2D eigenvalue weighted by Crippen LogP contribution is 2.26. The molecule has 6 nitrogen and oxygen atoms in total. The molecule has 1 atom stereocenters. The lowest BCUT2D eigenvalue weighted by molar-refractivity contribution is 0.0624. The van der Waals surface area contributed by atoms with Gasteiger partial charge in [0.2, 0.25) is 0 Å². The van der Waals surface area contributed by atoms with Crippen molar-refractivity contribution in [3.05, 3.63) is 64.7 Å². The van der Waals surface area contributed by atoms with Crippen molar-refractivity contribution >= 4 is 11.7 Å². The molecule has 2 aliphatic heterocycles. The van der Waals surface area contributed by atoms with Gasteiger partial charge in [0.05, 0.1) is 13.2 Å². The van der Waals surface area contributed by atoms with E-state index in [-0.39, 0.29) is 11.7 Å². The number of rotatable bonds is 9. The number of hydrogen-bond donors (Lipinski definition) is 0. The fourth-order valence-electron chi connectivity index (χ4n) is 5.27. The Labute approximate surface area is 209 Å². The highest BCUT2D eigenvalue weighted by atomic mass is 16.5. The minimum absolute atomic E-state index is 0.0633. The number of hydrogen-bond acceptors (Lipinski definition) is 5. The van der Waals surface area contributed by atoms with Gasteiger partial charge in [-0.3, -0.25) is 14.5 Å². The molecule has 2 aromatic carbocycles. The topological polar surface area (TPSA) is 53.1 Å². The van der Waals surface area contributed by atoms with Gasteiger partial charge in [-0.25, -0.2) is 0 Å². The van der Waals surface area contributed by atoms with Crippen LogP contribution < -0.4 is 4.74 Å². The van der Waals surface area contributed by atoms with E-state index in [1.54, 1.807) is 0 Å². The van der Waals surface area contributed by atoms with E-state index >= 15 is 0 Å². The Kier molecular flexibility index (Phi) is 8.58. The number of Topliss-reactive ketones (excluding diaryl/α,β-unsaturated/α-hetero) is 1. The second kappa shape index (κ2) is 11.8. The smallest absolute Gasteiger partial charge is 0.253 e.